The first-order chi connectivity index (χ1) is 10.4. The van der Waals surface area contributed by atoms with Crippen LogP contribution in [0.25, 0.3) is 0 Å². The van der Waals surface area contributed by atoms with Crippen LogP contribution in [0.3, 0.4) is 0 Å². The van der Waals surface area contributed by atoms with Crippen LogP contribution in [0.4, 0.5) is 5.69 Å². The highest BCUT2D eigenvalue weighted by molar-refractivity contribution is 6.33. The quantitative estimate of drug-likeness (QED) is 0.357. The number of esters is 1. The maximum atomic E-state index is 12.2. The van der Waals surface area contributed by atoms with E-state index in [1.54, 1.807) is 24.3 Å². The number of carbonyl (C=O) groups excluding carboxylic acids is 1. The minimum absolute atomic E-state index is 0.0823. The van der Waals surface area contributed by atoms with Gasteiger partial charge in [0, 0.05) is 6.07 Å². The molecule has 6 heteroatoms. The lowest BCUT2D eigenvalue weighted by Crippen LogP contribution is -2.10. The van der Waals surface area contributed by atoms with Gasteiger partial charge in [-0.3, -0.25) is 10.1 Å². The lowest BCUT2D eigenvalue weighted by Gasteiger charge is -2.10. The lowest BCUT2D eigenvalue weighted by atomic mass is 10.0. The van der Waals surface area contributed by atoms with Crippen LogP contribution < -0.4 is 4.74 Å². The summed E-state index contributed by atoms with van der Waals surface area (Å²) in [5, 5.41) is 11.3. The van der Waals surface area contributed by atoms with E-state index in [4.69, 9.17) is 16.3 Å². The second-order valence-corrected chi connectivity index (χ2v) is 5.42. The molecule has 0 unspecified atom stereocenters. The van der Waals surface area contributed by atoms with E-state index in [-0.39, 0.29) is 27.9 Å². The number of nitrogens with zero attached hydrogens (tertiary/aromatic N) is 1. The van der Waals surface area contributed by atoms with E-state index >= 15 is 0 Å². The molecular formula is C16H14ClNO4. The zero-order valence-electron chi connectivity index (χ0n) is 12.1. The number of hydrogen-bond donors (Lipinski definition) is 0. The zero-order valence-corrected chi connectivity index (χ0v) is 12.8. The van der Waals surface area contributed by atoms with E-state index < -0.39 is 10.9 Å². The van der Waals surface area contributed by atoms with E-state index in [1.165, 1.54) is 18.2 Å². The number of nitro groups is 1. The number of rotatable bonds is 4. The van der Waals surface area contributed by atoms with Crippen molar-refractivity contribution in [2.45, 2.75) is 19.8 Å². The van der Waals surface area contributed by atoms with E-state index in [0.29, 0.717) is 0 Å². The van der Waals surface area contributed by atoms with Gasteiger partial charge in [0.25, 0.3) is 0 Å². The molecule has 0 heterocycles. The fraction of sp³-hybridized carbons (Fsp3) is 0.188. The topological polar surface area (TPSA) is 69.4 Å². The molecule has 2 aromatic rings. The van der Waals surface area contributed by atoms with Gasteiger partial charge in [0.2, 0.25) is 5.75 Å². The normalized spacial score (nSPS) is 10.5. The Morgan fingerprint density at radius 1 is 1.23 bits per heavy atom. The van der Waals surface area contributed by atoms with Gasteiger partial charge in [-0.05, 0) is 29.7 Å². The fourth-order valence-electron chi connectivity index (χ4n) is 1.90. The molecule has 0 aliphatic carbocycles. The third-order valence-electron chi connectivity index (χ3n) is 3.14. The van der Waals surface area contributed by atoms with Crippen LogP contribution in [0.15, 0.2) is 42.5 Å². The highest BCUT2D eigenvalue weighted by Crippen LogP contribution is 2.31. The van der Waals surface area contributed by atoms with Crippen LogP contribution >= 0.6 is 11.6 Å². The van der Waals surface area contributed by atoms with E-state index in [1.807, 2.05) is 13.8 Å². The first-order valence-electron chi connectivity index (χ1n) is 6.65. The van der Waals surface area contributed by atoms with Gasteiger partial charge in [0.05, 0.1) is 15.5 Å². The van der Waals surface area contributed by atoms with E-state index in [9.17, 15) is 14.9 Å². The number of ether oxygens (including phenoxy) is 1. The Kier molecular flexibility index (Phi) is 4.78. The Bertz CT molecular complexity index is 728. The van der Waals surface area contributed by atoms with Crippen LogP contribution in [0.1, 0.15) is 35.7 Å². The average molecular weight is 320 g/mol. The number of halogens is 1. The molecule has 0 saturated heterocycles. The first kappa shape index (κ1) is 16.0. The Hall–Kier alpha value is -2.40. The van der Waals surface area contributed by atoms with Crippen LogP contribution in [0, 0.1) is 10.1 Å². The first-order valence-corrected chi connectivity index (χ1v) is 7.03. The lowest BCUT2D eigenvalue weighted by molar-refractivity contribution is -0.385. The molecule has 114 valence electrons. The predicted molar refractivity (Wildman–Crippen MR) is 83.6 cm³/mol. The molecule has 0 N–H and O–H groups in total. The second-order valence-electron chi connectivity index (χ2n) is 5.01. The highest BCUT2D eigenvalue weighted by Gasteiger charge is 2.21. The van der Waals surface area contributed by atoms with Crippen LogP contribution in [0.2, 0.25) is 5.02 Å². The Morgan fingerprint density at radius 2 is 1.91 bits per heavy atom. The Morgan fingerprint density at radius 3 is 2.50 bits per heavy atom. The molecule has 0 spiro atoms. The molecule has 2 rings (SSSR count). The highest BCUT2D eigenvalue weighted by atomic mass is 35.5. The third kappa shape index (κ3) is 3.43. The number of carbonyl (C=O) groups is 1. The van der Waals surface area contributed by atoms with Crippen molar-refractivity contribution >= 4 is 23.3 Å². The Balaban J connectivity index is 2.39. The monoisotopic (exact) mass is 319 g/mol. The van der Waals surface area contributed by atoms with Crippen molar-refractivity contribution in [2.75, 3.05) is 0 Å². The van der Waals surface area contributed by atoms with Gasteiger partial charge >= 0.3 is 11.7 Å². The molecule has 0 amide bonds. The molecule has 22 heavy (non-hydrogen) atoms. The zero-order chi connectivity index (χ0) is 16.3. The fourth-order valence-corrected chi connectivity index (χ4v) is 2.12. The predicted octanol–water partition coefficient (Wildman–Crippen LogP) is 4.59. The van der Waals surface area contributed by atoms with Crippen LogP contribution in [0.5, 0.6) is 5.75 Å². The van der Waals surface area contributed by atoms with Crippen molar-refractivity contribution < 1.29 is 14.5 Å². The molecule has 0 bridgehead atoms. The number of benzene rings is 2. The molecule has 5 nitrogen and oxygen atoms in total. The molecule has 0 radical (unpaired) electrons. The van der Waals surface area contributed by atoms with Gasteiger partial charge in [0.1, 0.15) is 0 Å². The molecule has 2 aromatic carbocycles. The van der Waals surface area contributed by atoms with Gasteiger partial charge in [-0.15, -0.1) is 0 Å². The summed E-state index contributed by atoms with van der Waals surface area (Å²) in [5.41, 5.74) is 0.741. The summed E-state index contributed by atoms with van der Waals surface area (Å²) >= 11 is 5.93. The smallest absolute Gasteiger partial charge is 0.345 e. The summed E-state index contributed by atoms with van der Waals surface area (Å²) in [4.78, 5) is 22.7. The Labute approximate surface area is 132 Å². The standard InChI is InChI=1S/C16H14ClNO4/c1-10(2)11-7-8-14(18(20)21)15(9-11)22-16(19)12-5-3-4-6-13(12)17/h3-10H,1-2H3. The van der Waals surface area contributed by atoms with Crippen molar-refractivity contribution in [3.05, 3.63) is 68.7 Å². The molecule has 0 saturated carbocycles. The van der Waals surface area contributed by atoms with Crippen molar-refractivity contribution in [2.24, 2.45) is 0 Å². The van der Waals surface area contributed by atoms with Gasteiger partial charge in [-0.1, -0.05) is 43.6 Å². The SMILES string of the molecule is CC(C)c1ccc([N+](=O)[O-])c(OC(=O)c2ccccc2Cl)c1. The van der Waals surface area contributed by atoms with Gasteiger partial charge in [-0.2, -0.15) is 0 Å². The summed E-state index contributed by atoms with van der Waals surface area (Å²) in [6.07, 6.45) is 0. The molecule has 0 aliphatic heterocycles. The number of hydrogen-bond acceptors (Lipinski definition) is 4. The maximum Gasteiger partial charge on any atom is 0.345 e. The van der Waals surface area contributed by atoms with Crippen LogP contribution in [-0.2, 0) is 0 Å². The van der Waals surface area contributed by atoms with Crippen molar-refractivity contribution in [1.29, 1.82) is 0 Å². The average Bonchev–Trinajstić information content (AvgIpc) is 2.47. The molecule has 0 aliphatic rings. The summed E-state index contributed by atoms with van der Waals surface area (Å²) in [6.45, 7) is 3.89. The maximum absolute atomic E-state index is 12.2. The molecule has 0 aromatic heterocycles. The summed E-state index contributed by atoms with van der Waals surface area (Å²) in [7, 11) is 0. The minimum Gasteiger partial charge on any atom is -0.415 e. The van der Waals surface area contributed by atoms with Gasteiger partial charge < -0.3 is 4.74 Å². The molecular weight excluding hydrogens is 306 g/mol. The summed E-state index contributed by atoms with van der Waals surface area (Å²) < 4.78 is 5.20. The van der Waals surface area contributed by atoms with Crippen LogP contribution in [-0.4, -0.2) is 10.9 Å². The molecule has 0 fully saturated rings. The minimum atomic E-state index is -0.727. The van der Waals surface area contributed by atoms with Crippen molar-refractivity contribution in [3.63, 3.8) is 0 Å². The largest absolute Gasteiger partial charge is 0.415 e. The van der Waals surface area contributed by atoms with E-state index in [2.05, 4.69) is 0 Å². The van der Waals surface area contributed by atoms with Gasteiger partial charge in [-0.25, -0.2) is 4.79 Å². The summed E-state index contributed by atoms with van der Waals surface area (Å²) in [5.74, 6) is -0.658. The van der Waals surface area contributed by atoms with Crippen molar-refractivity contribution in [3.8, 4) is 5.75 Å². The summed E-state index contributed by atoms with van der Waals surface area (Å²) in [6, 6.07) is 10.9. The molecule has 0 atom stereocenters. The van der Waals surface area contributed by atoms with Gasteiger partial charge in [0.15, 0.2) is 0 Å². The second kappa shape index (κ2) is 6.58. The third-order valence-corrected chi connectivity index (χ3v) is 3.47. The van der Waals surface area contributed by atoms with Crippen molar-refractivity contribution in [1.82, 2.24) is 0 Å². The van der Waals surface area contributed by atoms with E-state index in [0.717, 1.165) is 5.56 Å². The number of nitro benzene ring substituents is 1.